The first kappa shape index (κ1) is 14.8. The minimum absolute atomic E-state index is 0.0461. The minimum Gasteiger partial charge on any atom is -0.369 e. The molecule has 0 atom stereocenters. The van der Waals surface area contributed by atoms with Crippen molar-refractivity contribution in [2.75, 3.05) is 31.7 Å². The molecule has 0 radical (unpaired) electrons. The van der Waals surface area contributed by atoms with E-state index >= 15 is 0 Å². The second-order valence-corrected chi connectivity index (χ2v) is 6.47. The highest BCUT2D eigenvalue weighted by molar-refractivity contribution is 7.89. The number of anilines is 1. The number of aromatic nitrogens is 2. The number of sulfonamides is 1. The Bertz CT molecular complexity index is 500. The van der Waals surface area contributed by atoms with Gasteiger partial charge < -0.3 is 5.32 Å². The van der Waals surface area contributed by atoms with Crippen molar-refractivity contribution in [1.29, 1.82) is 0 Å². The average Bonchev–Trinajstić information content (AvgIpc) is 2.27. The van der Waals surface area contributed by atoms with Gasteiger partial charge in [-0.25, -0.2) is 22.7 Å². The van der Waals surface area contributed by atoms with Gasteiger partial charge in [-0.2, -0.15) is 0 Å². The molecule has 0 saturated heterocycles. The van der Waals surface area contributed by atoms with E-state index in [0.717, 1.165) is 12.1 Å². The lowest BCUT2D eigenvalue weighted by atomic mass is 10.3. The molecule has 18 heavy (non-hydrogen) atoms. The minimum atomic E-state index is -3.17. The van der Waals surface area contributed by atoms with E-state index in [-0.39, 0.29) is 5.75 Å². The molecule has 0 unspecified atom stereocenters. The Hall–Kier alpha value is -1.21. The molecule has 6 nitrogen and oxygen atoms in total. The molecular weight excluding hydrogens is 252 g/mol. The number of aryl methyl sites for hydroxylation is 2. The maximum absolute atomic E-state index is 11.6. The van der Waals surface area contributed by atoms with Crippen molar-refractivity contribution < 1.29 is 8.42 Å². The van der Waals surface area contributed by atoms with Gasteiger partial charge in [0.25, 0.3) is 0 Å². The number of nitrogens with one attached hydrogen (secondary N) is 1. The first-order valence-corrected chi connectivity index (χ1v) is 7.44. The summed E-state index contributed by atoms with van der Waals surface area (Å²) in [6, 6.07) is 1.84. The highest BCUT2D eigenvalue weighted by Gasteiger charge is 2.12. The van der Waals surface area contributed by atoms with Gasteiger partial charge in [-0.1, -0.05) is 6.92 Å². The van der Waals surface area contributed by atoms with Gasteiger partial charge in [0.2, 0.25) is 10.0 Å². The summed E-state index contributed by atoms with van der Waals surface area (Å²) in [5.74, 6) is 1.41. The Morgan fingerprint density at radius 2 is 2.00 bits per heavy atom. The molecule has 0 aliphatic rings. The summed E-state index contributed by atoms with van der Waals surface area (Å²) < 4.78 is 24.3. The van der Waals surface area contributed by atoms with E-state index in [4.69, 9.17) is 0 Å². The standard InChI is InChI=1S/C11H20N4O2S/c1-5-10-8-11(14-9(2)13-10)12-6-7-18(16,17)15(3)4/h8H,5-7H2,1-4H3,(H,12,13,14). The van der Waals surface area contributed by atoms with Gasteiger partial charge in [-0.3, -0.25) is 0 Å². The van der Waals surface area contributed by atoms with Crippen LogP contribution in [0.1, 0.15) is 18.4 Å². The van der Waals surface area contributed by atoms with Crippen LogP contribution in [0.3, 0.4) is 0 Å². The van der Waals surface area contributed by atoms with E-state index in [0.29, 0.717) is 18.2 Å². The fraction of sp³-hybridized carbons (Fsp3) is 0.636. The van der Waals surface area contributed by atoms with Gasteiger partial charge in [-0.15, -0.1) is 0 Å². The van der Waals surface area contributed by atoms with Gasteiger partial charge in [0.15, 0.2) is 0 Å². The van der Waals surface area contributed by atoms with E-state index in [2.05, 4.69) is 15.3 Å². The van der Waals surface area contributed by atoms with Crippen LogP contribution in [0.25, 0.3) is 0 Å². The molecule has 0 saturated carbocycles. The highest BCUT2D eigenvalue weighted by atomic mass is 32.2. The zero-order chi connectivity index (χ0) is 13.8. The van der Waals surface area contributed by atoms with Crippen LogP contribution in [-0.2, 0) is 16.4 Å². The summed E-state index contributed by atoms with van der Waals surface area (Å²) >= 11 is 0. The molecule has 0 spiro atoms. The summed E-state index contributed by atoms with van der Waals surface area (Å²) in [5, 5.41) is 3.01. The summed E-state index contributed by atoms with van der Waals surface area (Å²) in [6.45, 7) is 4.17. The van der Waals surface area contributed by atoms with E-state index in [1.165, 1.54) is 18.4 Å². The van der Waals surface area contributed by atoms with Crippen molar-refractivity contribution in [2.45, 2.75) is 20.3 Å². The first-order chi connectivity index (χ1) is 8.35. The molecule has 1 N–H and O–H groups in total. The molecule has 1 heterocycles. The molecule has 1 rings (SSSR count). The third-order valence-corrected chi connectivity index (χ3v) is 4.31. The Morgan fingerprint density at radius 1 is 1.33 bits per heavy atom. The Morgan fingerprint density at radius 3 is 2.56 bits per heavy atom. The Balaban J connectivity index is 2.62. The van der Waals surface area contributed by atoms with E-state index in [1.807, 2.05) is 19.9 Å². The van der Waals surface area contributed by atoms with E-state index < -0.39 is 10.0 Å². The zero-order valence-corrected chi connectivity index (χ0v) is 12.1. The third-order valence-electron chi connectivity index (χ3n) is 2.48. The number of nitrogens with zero attached hydrogens (tertiary/aromatic N) is 3. The number of hydrogen-bond acceptors (Lipinski definition) is 5. The molecule has 0 bridgehead atoms. The Labute approximate surface area is 108 Å². The topological polar surface area (TPSA) is 75.2 Å². The molecule has 0 aliphatic carbocycles. The maximum Gasteiger partial charge on any atom is 0.215 e. The van der Waals surface area contributed by atoms with Gasteiger partial charge >= 0.3 is 0 Å². The average molecular weight is 272 g/mol. The lowest BCUT2D eigenvalue weighted by Gasteiger charge is -2.12. The van der Waals surface area contributed by atoms with E-state index in [9.17, 15) is 8.42 Å². The van der Waals surface area contributed by atoms with E-state index in [1.54, 1.807) is 0 Å². The predicted octanol–water partition coefficient (Wildman–Crippen LogP) is 0.651. The van der Waals surface area contributed by atoms with Crippen molar-refractivity contribution in [3.05, 3.63) is 17.6 Å². The normalized spacial score (nSPS) is 11.8. The Kier molecular flexibility index (Phi) is 5.03. The fourth-order valence-electron chi connectivity index (χ4n) is 1.39. The molecule has 1 aromatic rings. The second-order valence-electron chi connectivity index (χ2n) is 4.17. The van der Waals surface area contributed by atoms with Crippen LogP contribution in [0.2, 0.25) is 0 Å². The van der Waals surface area contributed by atoms with Crippen LogP contribution in [-0.4, -0.2) is 49.1 Å². The molecule has 0 aliphatic heterocycles. The molecule has 0 aromatic carbocycles. The monoisotopic (exact) mass is 272 g/mol. The lowest BCUT2D eigenvalue weighted by molar-refractivity contribution is 0.521. The lowest BCUT2D eigenvalue weighted by Crippen LogP contribution is -2.28. The van der Waals surface area contributed by atoms with Crippen molar-refractivity contribution >= 4 is 15.8 Å². The molecule has 1 aromatic heterocycles. The van der Waals surface area contributed by atoms with Crippen molar-refractivity contribution in [1.82, 2.24) is 14.3 Å². The second kappa shape index (κ2) is 6.10. The van der Waals surface area contributed by atoms with Gasteiger partial charge in [0.05, 0.1) is 5.75 Å². The molecule has 0 amide bonds. The SMILES string of the molecule is CCc1cc(NCCS(=O)(=O)N(C)C)nc(C)n1. The molecule has 102 valence electrons. The first-order valence-electron chi connectivity index (χ1n) is 5.84. The summed E-state index contributed by atoms with van der Waals surface area (Å²) in [7, 11) is -0.112. The van der Waals surface area contributed by atoms with Crippen LogP contribution < -0.4 is 5.32 Å². The fourth-order valence-corrected chi connectivity index (χ4v) is 2.12. The molecular formula is C11H20N4O2S. The summed E-state index contributed by atoms with van der Waals surface area (Å²) in [4.78, 5) is 8.48. The van der Waals surface area contributed by atoms with Gasteiger partial charge in [-0.05, 0) is 13.3 Å². The van der Waals surface area contributed by atoms with Crippen molar-refractivity contribution in [3.63, 3.8) is 0 Å². The summed E-state index contributed by atoms with van der Waals surface area (Å²) in [5.41, 5.74) is 0.945. The van der Waals surface area contributed by atoms with Crippen LogP contribution in [0.4, 0.5) is 5.82 Å². The van der Waals surface area contributed by atoms with Crippen LogP contribution in [0, 0.1) is 6.92 Å². The number of hydrogen-bond donors (Lipinski definition) is 1. The van der Waals surface area contributed by atoms with Crippen LogP contribution >= 0.6 is 0 Å². The largest absolute Gasteiger partial charge is 0.369 e. The summed E-state index contributed by atoms with van der Waals surface area (Å²) in [6.07, 6.45) is 0.827. The van der Waals surface area contributed by atoms with Crippen molar-refractivity contribution in [3.8, 4) is 0 Å². The smallest absolute Gasteiger partial charge is 0.215 e. The number of rotatable bonds is 6. The third kappa shape index (κ3) is 4.23. The highest BCUT2D eigenvalue weighted by Crippen LogP contribution is 2.07. The maximum atomic E-state index is 11.6. The van der Waals surface area contributed by atoms with Gasteiger partial charge in [0, 0.05) is 32.4 Å². The van der Waals surface area contributed by atoms with Crippen LogP contribution in [0.5, 0.6) is 0 Å². The molecule has 7 heteroatoms. The van der Waals surface area contributed by atoms with Gasteiger partial charge in [0.1, 0.15) is 11.6 Å². The molecule has 0 fully saturated rings. The van der Waals surface area contributed by atoms with Crippen molar-refractivity contribution in [2.24, 2.45) is 0 Å². The predicted molar refractivity (Wildman–Crippen MR) is 72.1 cm³/mol. The van der Waals surface area contributed by atoms with Crippen LogP contribution in [0.15, 0.2) is 6.07 Å². The quantitative estimate of drug-likeness (QED) is 0.823. The zero-order valence-electron chi connectivity index (χ0n) is 11.3.